The fourth-order valence-electron chi connectivity index (χ4n) is 5.87. The number of benzene rings is 2. The van der Waals surface area contributed by atoms with E-state index in [2.05, 4.69) is 22.8 Å². The zero-order valence-electron chi connectivity index (χ0n) is 21.8. The molecule has 0 radical (unpaired) electrons. The molecule has 2 fully saturated rings. The minimum atomic E-state index is -0.741. The van der Waals surface area contributed by atoms with E-state index in [4.69, 9.17) is 9.47 Å². The van der Waals surface area contributed by atoms with Gasteiger partial charge in [0.1, 0.15) is 5.75 Å². The first-order chi connectivity index (χ1) is 18.4. The highest BCUT2D eigenvalue weighted by Crippen LogP contribution is 2.31. The Morgan fingerprint density at radius 1 is 1.08 bits per heavy atom. The van der Waals surface area contributed by atoms with Gasteiger partial charge in [0.2, 0.25) is 0 Å². The van der Waals surface area contributed by atoms with Gasteiger partial charge in [0, 0.05) is 24.7 Å². The standard InChI is InChI=1S/C29H37N3O6/c1-2-38-27-11-20(29(36)32-22-12-24(33)13-23(32)17-37-16-22)7-8-26(27)28(35)31-15-25(34)14-30-21-9-18-5-3-4-6-19(18)10-21/h3-8,11,21-25,30,33-34H,2,9-10,12-17H2,1H3,(H,31,35). The minimum absolute atomic E-state index is 0.0945. The largest absolute Gasteiger partial charge is 0.493 e. The summed E-state index contributed by atoms with van der Waals surface area (Å²) in [6.45, 7) is 3.44. The molecule has 204 valence electrons. The summed E-state index contributed by atoms with van der Waals surface area (Å²) in [6.07, 6.45) is 1.69. The van der Waals surface area contributed by atoms with Gasteiger partial charge in [0.05, 0.1) is 49.7 Å². The van der Waals surface area contributed by atoms with Gasteiger partial charge in [-0.2, -0.15) is 0 Å². The molecule has 2 amide bonds. The molecule has 3 unspecified atom stereocenters. The molecular formula is C29H37N3O6. The van der Waals surface area contributed by atoms with Crippen LogP contribution in [0.25, 0.3) is 0 Å². The van der Waals surface area contributed by atoms with Gasteiger partial charge in [-0.05, 0) is 61.9 Å². The number of fused-ring (bicyclic) bond motifs is 3. The van der Waals surface area contributed by atoms with Gasteiger partial charge in [-0.15, -0.1) is 0 Å². The Morgan fingerprint density at radius 2 is 1.76 bits per heavy atom. The predicted octanol–water partition coefficient (Wildman–Crippen LogP) is 1.30. The number of aliphatic hydroxyl groups is 2. The number of carbonyl (C=O) groups excluding carboxylic acids is 2. The number of hydrogen-bond acceptors (Lipinski definition) is 7. The topological polar surface area (TPSA) is 120 Å². The molecule has 9 heteroatoms. The first-order valence-electron chi connectivity index (χ1n) is 13.5. The number of hydrogen-bond donors (Lipinski definition) is 4. The van der Waals surface area contributed by atoms with Gasteiger partial charge >= 0.3 is 0 Å². The Bertz CT molecular complexity index is 1120. The number of nitrogens with zero attached hydrogens (tertiary/aromatic N) is 1. The highest BCUT2D eigenvalue weighted by molar-refractivity contribution is 6.00. The van der Waals surface area contributed by atoms with Crippen molar-refractivity contribution < 1.29 is 29.3 Å². The number of piperidine rings is 1. The number of amides is 2. The molecule has 2 aromatic carbocycles. The first-order valence-corrected chi connectivity index (χ1v) is 13.5. The van der Waals surface area contributed by atoms with Gasteiger partial charge < -0.3 is 35.2 Å². The van der Waals surface area contributed by atoms with Crippen molar-refractivity contribution in [3.05, 3.63) is 64.7 Å². The lowest BCUT2D eigenvalue weighted by molar-refractivity contribution is -0.0871. The second-order valence-electron chi connectivity index (χ2n) is 10.5. The quantitative estimate of drug-likeness (QED) is 0.391. The van der Waals surface area contributed by atoms with E-state index in [1.165, 1.54) is 11.1 Å². The number of carbonyl (C=O) groups is 2. The van der Waals surface area contributed by atoms with Crippen molar-refractivity contribution in [3.63, 3.8) is 0 Å². The van der Waals surface area contributed by atoms with Gasteiger partial charge in [0.15, 0.2) is 0 Å². The van der Waals surface area contributed by atoms with E-state index < -0.39 is 12.2 Å². The third-order valence-electron chi connectivity index (χ3n) is 7.69. The number of nitrogens with one attached hydrogen (secondary N) is 2. The zero-order chi connectivity index (χ0) is 26.6. The summed E-state index contributed by atoms with van der Waals surface area (Å²) in [4.78, 5) is 28.2. The molecule has 2 heterocycles. The Kier molecular flexibility index (Phi) is 8.28. The van der Waals surface area contributed by atoms with Crippen LogP contribution in [0.5, 0.6) is 5.75 Å². The van der Waals surface area contributed by atoms with Gasteiger partial charge in [-0.25, -0.2) is 0 Å². The van der Waals surface area contributed by atoms with Crippen molar-refractivity contribution in [3.8, 4) is 5.75 Å². The smallest absolute Gasteiger partial charge is 0.255 e. The molecule has 0 spiro atoms. The third-order valence-corrected chi connectivity index (χ3v) is 7.69. The molecule has 9 nitrogen and oxygen atoms in total. The summed E-state index contributed by atoms with van der Waals surface area (Å²) in [5, 5.41) is 26.8. The second-order valence-corrected chi connectivity index (χ2v) is 10.5. The molecule has 2 aromatic rings. The Balaban J connectivity index is 1.17. The average Bonchev–Trinajstić information content (AvgIpc) is 3.33. The Morgan fingerprint density at radius 3 is 2.42 bits per heavy atom. The molecule has 2 bridgehead atoms. The van der Waals surface area contributed by atoms with Crippen LogP contribution in [0.4, 0.5) is 0 Å². The maximum absolute atomic E-state index is 13.4. The summed E-state index contributed by atoms with van der Waals surface area (Å²) in [5.74, 6) is -0.199. The fourth-order valence-corrected chi connectivity index (χ4v) is 5.87. The minimum Gasteiger partial charge on any atom is -0.493 e. The summed E-state index contributed by atoms with van der Waals surface area (Å²) in [7, 11) is 0. The van der Waals surface area contributed by atoms with Gasteiger partial charge in [-0.3, -0.25) is 9.59 Å². The molecular weight excluding hydrogens is 486 g/mol. The van der Waals surface area contributed by atoms with Gasteiger partial charge in [-0.1, -0.05) is 24.3 Å². The first kappa shape index (κ1) is 26.6. The number of rotatable bonds is 9. The number of ether oxygens (including phenoxy) is 2. The Labute approximate surface area is 223 Å². The van der Waals surface area contributed by atoms with Crippen LogP contribution in [0, 0.1) is 0 Å². The lowest BCUT2D eigenvalue weighted by Crippen LogP contribution is -2.60. The van der Waals surface area contributed by atoms with Crippen molar-refractivity contribution in [1.82, 2.24) is 15.5 Å². The van der Waals surface area contributed by atoms with Crippen LogP contribution < -0.4 is 15.4 Å². The molecule has 4 N–H and O–H groups in total. The monoisotopic (exact) mass is 523 g/mol. The van der Waals surface area contributed by atoms with Crippen LogP contribution in [-0.2, 0) is 17.6 Å². The SMILES string of the molecule is CCOc1cc(C(=O)N2C3COCC2CC(O)C3)ccc1C(=O)NCC(O)CNC1Cc2ccccc2C1. The average molecular weight is 524 g/mol. The third kappa shape index (κ3) is 5.86. The van der Waals surface area contributed by atoms with Crippen molar-refractivity contribution in [2.45, 2.75) is 62.9 Å². The van der Waals surface area contributed by atoms with Crippen LogP contribution in [0.15, 0.2) is 42.5 Å². The molecule has 3 atom stereocenters. The maximum Gasteiger partial charge on any atom is 0.255 e. The van der Waals surface area contributed by atoms with E-state index in [0.29, 0.717) is 56.1 Å². The van der Waals surface area contributed by atoms with Gasteiger partial charge in [0.25, 0.3) is 11.8 Å². The molecule has 0 saturated carbocycles. The summed E-state index contributed by atoms with van der Waals surface area (Å²) in [6, 6.07) is 13.1. The molecule has 38 heavy (non-hydrogen) atoms. The highest BCUT2D eigenvalue weighted by Gasteiger charge is 2.41. The zero-order valence-corrected chi connectivity index (χ0v) is 21.8. The summed E-state index contributed by atoms with van der Waals surface area (Å²) < 4.78 is 11.3. The molecule has 3 aliphatic rings. The molecule has 2 saturated heterocycles. The van der Waals surface area contributed by atoms with Crippen LogP contribution in [-0.4, -0.2) is 90.2 Å². The summed E-state index contributed by atoms with van der Waals surface area (Å²) in [5.41, 5.74) is 3.42. The number of aliphatic hydroxyl groups excluding tert-OH is 2. The van der Waals surface area contributed by atoms with Crippen LogP contribution >= 0.6 is 0 Å². The van der Waals surface area contributed by atoms with Crippen LogP contribution in [0.2, 0.25) is 0 Å². The summed E-state index contributed by atoms with van der Waals surface area (Å²) >= 11 is 0. The Hall–Kier alpha value is -2.98. The molecule has 0 aromatic heterocycles. The lowest BCUT2D eigenvalue weighted by atomic mass is 9.91. The fraction of sp³-hybridized carbons (Fsp3) is 0.517. The van der Waals surface area contributed by atoms with E-state index in [9.17, 15) is 19.8 Å². The lowest BCUT2D eigenvalue weighted by Gasteiger charge is -2.47. The van der Waals surface area contributed by atoms with Crippen molar-refractivity contribution in [2.24, 2.45) is 0 Å². The van der Waals surface area contributed by atoms with E-state index in [1.807, 2.05) is 24.0 Å². The normalized spacial score (nSPS) is 23.6. The molecule has 1 aliphatic carbocycles. The van der Waals surface area contributed by atoms with E-state index >= 15 is 0 Å². The van der Waals surface area contributed by atoms with Crippen molar-refractivity contribution in [2.75, 3.05) is 32.9 Å². The van der Waals surface area contributed by atoms with Crippen LogP contribution in [0.3, 0.4) is 0 Å². The van der Waals surface area contributed by atoms with Crippen LogP contribution in [0.1, 0.15) is 51.6 Å². The second kappa shape index (κ2) is 11.8. The predicted molar refractivity (Wildman–Crippen MR) is 141 cm³/mol. The molecule has 5 rings (SSSR count). The van der Waals surface area contributed by atoms with E-state index in [1.54, 1.807) is 18.2 Å². The van der Waals surface area contributed by atoms with Crippen molar-refractivity contribution in [1.29, 1.82) is 0 Å². The maximum atomic E-state index is 13.4. The van der Waals surface area contributed by atoms with E-state index in [-0.39, 0.29) is 36.5 Å². The number of morpholine rings is 1. The molecule has 2 aliphatic heterocycles. The van der Waals surface area contributed by atoms with E-state index in [0.717, 1.165) is 12.8 Å². The highest BCUT2D eigenvalue weighted by atomic mass is 16.5. The van der Waals surface area contributed by atoms with Crippen molar-refractivity contribution >= 4 is 11.8 Å².